The van der Waals surface area contributed by atoms with Crippen LogP contribution in [0.4, 0.5) is 0 Å². The zero-order valence-corrected chi connectivity index (χ0v) is 11.6. The highest BCUT2D eigenvalue weighted by Crippen LogP contribution is 2.20. The fourth-order valence-corrected chi connectivity index (χ4v) is 2.52. The molecule has 1 fully saturated rings. The molecule has 0 aromatic carbocycles. The van der Waals surface area contributed by atoms with Crippen molar-refractivity contribution in [3.63, 3.8) is 0 Å². The molecule has 0 aromatic rings. The van der Waals surface area contributed by atoms with Crippen LogP contribution in [0.3, 0.4) is 0 Å². The highest BCUT2D eigenvalue weighted by Gasteiger charge is 2.18. The van der Waals surface area contributed by atoms with E-state index in [0.717, 1.165) is 18.4 Å². The molecule has 0 radical (unpaired) electrons. The van der Waals surface area contributed by atoms with Crippen LogP contribution in [0.15, 0.2) is 0 Å². The van der Waals surface area contributed by atoms with Gasteiger partial charge in [-0.15, -0.1) is 0 Å². The number of likely N-dealkylation sites (tertiary alicyclic amines) is 1. The SMILES string of the molecule is CCC1CCN(CC(C)CNC(C)C)CC1. The van der Waals surface area contributed by atoms with Crippen LogP contribution in [0.25, 0.3) is 0 Å². The molecule has 1 N–H and O–H groups in total. The molecule has 1 rings (SSSR count). The molecular formula is C14H30N2. The Labute approximate surface area is 102 Å². The van der Waals surface area contributed by atoms with Gasteiger partial charge in [0.1, 0.15) is 0 Å². The maximum atomic E-state index is 3.53. The predicted molar refractivity (Wildman–Crippen MR) is 71.8 cm³/mol. The first-order chi connectivity index (χ1) is 7.61. The van der Waals surface area contributed by atoms with E-state index in [1.54, 1.807) is 0 Å². The average Bonchev–Trinajstić information content (AvgIpc) is 2.27. The maximum Gasteiger partial charge on any atom is 0.00191 e. The molecular weight excluding hydrogens is 196 g/mol. The second-order valence-corrected chi connectivity index (χ2v) is 5.82. The van der Waals surface area contributed by atoms with Crippen molar-refractivity contribution in [2.45, 2.75) is 53.0 Å². The van der Waals surface area contributed by atoms with Gasteiger partial charge in [-0.25, -0.2) is 0 Å². The Hall–Kier alpha value is -0.0800. The number of rotatable bonds is 6. The number of nitrogens with one attached hydrogen (secondary N) is 1. The van der Waals surface area contributed by atoms with Gasteiger partial charge in [0, 0.05) is 12.6 Å². The van der Waals surface area contributed by atoms with Crippen molar-refractivity contribution >= 4 is 0 Å². The normalized spacial score (nSPS) is 21.6. The molecule has 0 spiro atoms. The first-order valence-electron chi connectivity index (χ1n) is 7.07. The molecule has 1 aliphatic heterocycles. The summed E-state index contributed by atoms with van der Waals surface area (Å²) in [7, 11) is 0. The lowest BCUT2D eigenvalue weighted by Crippen LogP contribution is -2.39. The van der Waals surface area contributed by atoms with E-state index in [9.17, 15) is 0 Å². The summed E-state index contributed by atoms with van der Waals surface area (Å²) < 4.78 is 0. The summed E-state index contributed by atoms with van der Waals surface area (Å²) in [6, 6.07) is 0.619. The molecule has 96 valence electrons. The quantitative estimate of drug-likeness (QED) is 0.749. The van der Waals surface area contributed by atoms with Crippen LogP contribution in [0, 0.1) is 11.8 Å². The van der Waals surface area contributed by atoms with Crippen LogP contribution in [0.5, 0.6) is 0 Å². The van der Waals surface area contributed by atoms with Gasteiger partial charge < -0.3 is 10.2 Å². The predicted octanol–water partition coefficient (Wildman–Crippen LogP) is 2.74. The first-order valence-corrected chi connectivity index (χ1v) is 7.07. The highest BCUT2D eigenvalue weighted by molar-refractivity contribution is 4.73. The lowest BCUT2D eigenvalue weighted by molar-refractivity contribution is 0.160. The van der Waals surface area contributed by atoms with Crippen molar-refractivity contribution in [3.8, 4) is 0 Å². The van der Waals surface area contributed by atoms with Crippen LogP contribution in [-0.4, -0.2) is 37.1 Å². The molecule has 0 aromatic heterocycles. The Bertz CT molecular complexity index is 172. The third-order valence-electron chi connectivity index (χ3n) is 3.73. The lowest BCUT2D eigenvalue weighted by Gasteiger charge is -2.33. The smallest absolute Gasteiger partial charge is 0.00191 e. The van der Waals surface area contributed by atoms with E-state index in [1.807, 2.05) is 0 Å². The average molecular weight is 226 g/mol. The van der Waals surface area contributed by atoms with E-state index in [4.69, 9.17) is 0 Å². The Morgan fingerprint density at radius 2 is 1.81 bits per heavy atom. The Morgan fingerprint density at radius 1 is 1.19 bits per heavy atom. The summed E-state index contributed by atoms with van der Waals surface area (Å²) in [5.41, 5.74) is 0. The molecule has 1 unspecified atom stereocenters. The molecule has 0 aliphatic carbocycles. The van der Waals surface area contributed by atoms with Gasteiger partial charge in [-0.1, -0.05) is 34.1 Å². The van der Waals surface area contributed by atoms with Crippen LogP contribution in [0.1, 0.15) is 47.0 Å². The van der Waals surface area contributed by atoms with Crippen molar-refractivity contribution in [2.24, 2.45) is 11.8 Å². The summed E-state index contributed by atoms with van der Waals surface area (Å²) in [6.07, 6.45) is 4.21. The first kappa shape index (κ1) is 14.0. The van der Waals surface area contributed by atoms with E-state index in [-0.39, 0.29) is 0 Å². The van der Waals surface area contributed by atoms with E-state index in [1.165, 1.54) is 38.9 Å². The van der Waals surface area contributed by atoms with Crippen LogP contribution in [-0.2, 0) is 0 Å². The van der Waals surface area contributed by atoms with Gasteiger partial charge >= 0.3 is 0 Å². The van der Waals surface area contributed by atoms with Crippen molar-refractivity contribution in [2.75, 3.05) is 26.2 Å². The third kappa shape index (κ3) is 5.31. The van der Waals surface area contributed by atoms with Crippen LogP contribution < -0.4 is 5.32 Å². The number of piperidine rings is 1. The monoisotopic (exact) mass is 226 g/mol. The van der Waals surface area contributed by atoms with Gasteiger partial charge in [0.25, 0.3) is 0 Å². The van der Waals surface area contributed by atoms with Gasteiger partial charge in [0.2, 0.25) is 0 Å². The third-order valence-corrected chi connectivity index (χ3v) is 3.73. The fraction of sp³-hybridized carbons (Fsp3) is 1.00. The van der Waals surface area contributed by atoms with E-state index >= 15 is 0 Å². The van der Waals surface area contributed by atoms with Crippen LogP contribution in [0.2, 0.25) is 0 Å². The summed E-state index contributed by atoms with van der Waals surface area (Å²) in [5.74, 6) is 1.78. The standard InChI is InChI=1S/C14H30N2/c1-5-14-6-8-16(9-7-14)11-13(4)10-15-12(2)3/h12-15H,5-11H2,1-4H3. The number of nitrogens with zero attached hydrogens (tertiary/aromatic N) is 1. The van der Waals surface area contributed by atoms with Crippen molar-refractivity contribution < 1.29 is 0 Å². The van der Waals surface area contributed by atoms with Crippen molar-refractivity contribution in [1.82, 2.24) is 10.2 Å². The van der Waals surface area contributed by atoms with Gasteiger partial charge in [-0.3, -0.25) is 0 Å². The van der Waals surface area contributed by atoms with Gasteiger partial charge in [0.05, 0.1) is 0 Å². The molecule has 2 nitrogen and oxygen atoms in total. The second-order valence-electron chi connectivity index (χ2n) is 5.82. The molecule has 2 heteroatoms. The highest BCUT2D eigenvalue weighted by atomic mass is 15.1. The number of hydrogen-bond donors (Lipinski definition) is 1. The summed E-state index contributed by atoms with van der Waals surface area (Å²) in [6.45, 7) is 14.2. The van der Waals surface area contributed by atoms with E-state index < -0.39 is 0 Å². The molecule has 16 heavy (non-hydrogen) atoms. The molecule has 1 atom stereocenters. The summed E-state index contributed by atoms with van der Waals surface area (Å²) in [5, 5.41) is 3.53. The minimum atomic E-state index is 0.619. The van der Waals surface area contributed by atoms with Gasteiger partial charge in [-0.2, -0.15) is 0 Å². The summed E-state index contributed by atoms with van der Waals surface area (Å²) >= 11 is 0. The second kappa shape index (κ2) is 7.29. The summed E-state index contributed by atoms with van der Waals surface area (Å²) in [4.78, 5) is 2.65. The Balaban J connectivity index is 2.13. The molecule has 0 saturated carbocycles. The topological polar surface area (TPSA) is 15.3 Å². The zero-order valence-electron chi connectivity index (χ0n) is 11.6. The Morgan fingerprint density at radius 3 is 2.31 bits per heavy atom. The fourth-order valence-electron chi connectivity index (χ4n) is 2.52. The van der Waals surface area contributed by atoms with Gasteiger partial charge in [0.15, 0.2) is 0 Å². The zero-order chi connectivity index (χ0) is 12.0. The number of hydrogen-bond acceptors (Lipinski definition) is 2. The molecule has 1 saturated heterocycles. The van der Waals surface area contributed by atoms with E-state index in [2.05, 4.69) is 37.9 Å². The largest absolute Gasteiger partial charge is 0.314 e. The maximum absolute atomic E-state index is 3.53. The molecule has 0 bridgehead atoms. The molecule has 1 heterocycles. The van der Waals surface area contributed by atoms with Crippen LogP contribution >= 0.6 is 0 Å². The molecule has 0 amide bonds. The minimum absolute atomic E-state index is 0.619. The van der Waals surface area contributed by atoms with Crippen molar-refractivity contribution in [1.29, 1.82) is 0 Å². The lowest BCUT2D eigenvalue weighted by atomic mass is 9.94. The Kier molecular flexibility index (Phi) is 6.37. The van der Waals surface area contributed by atoms with Crippen molar-refractivity contribution in [3.05, 3.63) is 0 Å². The van der Waals surface area contributed by atoms with E-state index in [0.29, 0.717) is 6.04 Å². The minimum Gasteiger partial charge on any atom is -0.314 e. The molecule has 1 aliphatic rings. The van der Waals surface area contributed by atoms with Gasteiger partial charge in [-0.05, 0) is 44.3 Å².